The standard InChI is InChI=1S/C10H10NO/c1-3-10(12)11(2)9-7-5-4-6-8-9/h3,5-8H,1H2,2H3. The molecule has 2 heteroatoms. The number of hydrogen-bond donors (Lipinski definition) is 0. The van der Waals surface area contributed by atoms with Gasteiger partial charge in [-0.1, -0.05) is 18.7 Å². The lowest BCUT2D eigenvalue weighted by Crippen LogP contribution is -2.23. The zero-order chi connectivity index (χ0) is 8.97. The van der Waals surface area contributed by atoms with Crippen LogP contribution in [-0.2, 0) is 4.79 Å². The van der Waals surface area contributed by atoms with Gasteiger partial charge in [-0.2, -0.15) is 0 Å². The highest BCUT2D eigenvalue weighted by Crippen LogP contribution is 2.10. The van der Waals surface area contributed by atoms with Gasteiger partial charge in [0.05, 0.1) is 0 Å². The summed E-state index contributed by atoms with van der Waals surface area (Å²) in [5.41, 5.74) is 0.846. The summed E-state index contributed by atoms with van der Waals surface area (Å²) in [7, 11) is 1.71. The normalized spacial score (nSPS) is 9.08. The molecule has 2 nitrogen and oxygen atoms in total. The molecule has 1 aromatic rings. The maximum absolute atomic E-state index is 11.1. The molecule has 1 amide bonds. The first-order chi connectivity index (χ1) is 5.75. The van der Waals surface area contributed by atoms with Gasteiger partial charge in [0.1, 0.15) is 0 Å². The van der Waals surface area contributed by atoms with E-state index in [9.17, 15) is 4.79 Å². The summed E-state index contributed by atoms with van der Waals surface area (Å²) in [5, 5.41) is 0. The molecule has 0 aromatic heterocycles. The van der Waals surface area contributed by atoms with Crippen molar-refractivity contribution in [3.05, 3.63) is 43.0 Å². The monoisotopic (exact) mass is 160 g/mol. The second-order valence-corrected chi connectivity index (χ2v) is 2.36. The van der Waals surface area contributed by atoms with Crippen LogP contribution < -0.4 is 4.90 Å². The van der Waals surface area contributed by atoms with Crippen LogP contribution in [0.1, 0.15) is 0 Å². The van der Waals surface area contributed by atoms with Crippen molar-refractivity contribution in [1.29, 1.82) is 0 Å². The first-order valence-electron chi connectivity index (χ1n) is 3.62. The number of anilines is 1. The molecule has 0 bridgehead atoms. The number of nitrogens with zero attached hydrogens (tertiary/aromatic N) is 1. The summed E-state index contributed by atoms with van der Waals surface area (Å²) < 4.78 is 0. The highest BCUT2D eigenvalue weighted by molar-refractivity contribution is 6.00. The average molecular weight is 160 g/mol. The predicted molar refractivity (Wildman–Crippen MR) is 48.9 cm³/mol. The van der Waals surface area contributed by atoms with Gasteiger partial charge < -0.3 is 4.90 Å². The summed E-state index contributed by atoms with van der Waals surface area (Å²) in [6.07, 6.45) is 1.29. The van der Waals surface area contributed by atoms with Crippen molar-refractivity contribution in [2.24, 2.45) is 0 Å². The van der Waals surface area contributed by atoms with Crippen LogP contribution in [0.2, 0.25) is 0 Å². The molecule has 1 aromatic carbocycles. The lowest BCUT2D eigenvalue weighted by atomic mass is 10.3. The number of benzene rings is 1. The third-order valence-electron chi connectivity index (χ3n) is 1.59. The molecule has 0 aliphatic rings. The van der Waals surface area contributed by atoms with Crippen LogP contribution in [0.3, 0.4) is 0 Å². The molecule has 0 unspecified atom stereocenters. The Morgan fingerprint density at radius 3 is 2.67 bits per heavy atom. The van der Waals surface area contributed by atoms with Crippen LogP contribution in [0, 0.1) is 6.07 Å². The Hall–Kier alpha value is -1.57. The number of rotatable bonds is 2. The maximum Gasteiger partial charge on any atom is 0.250 e. The zero-order valence-electron chi connectivity index (χ0n) is 6.95. The molecule has 1 radical (unpaired) electrons. The smallest absolute Gasteiger partial charge is 0.250 e. The van der Waals surface area contributed by atoms with E-state index in [2.05, 4.69) is 12.6 Å². The fourth-order valence-electron chi connectivity index (χ4n) is 0.866. The number of carbonyl (C=O) groups excluding carboxylic acids is 1. The minimum atomic E-state index is -0.110. The predicted octanol–water partition coefficient (Wildman–Crippen LogP) is 1.64. The molecule has 0 saturated heterocycles. The second-order valence-electron chi connectivity index (χ2n) is 2.36. The van der Waals surface area contributed by atoms with Crippen molar-refractivity contribution >= 4 is 11.6 Å². The van der Waals surface area contributed by atoms with Crippen LogP contribution >= 0.6 is 0 Å². The van der Waals surface area contributed by atoms with E-state index in [1.165, 1.54) is 11.0 Å². The molecule has 0 heterocycles. The van der Waals surface area contributed by atoms with Crippen LogP contribution in [0.5, 0.6) is 0 Å². The number of likely N-dealkylation sites (N-methyl/N-ethyl adjacent to an activating group) is 1. The molecule has 0 N–H and O–H groups in total. The Morgan fingerprint density at radius 2 is 2.17 bits per heavy atom. The lowest BCUT2D eigenvalue weighted by Gasteiger charge is -2.14. The van der Waals surface area contributed by atoms with E-state index in [4.69, 9.17) is 0 Å². The van der Waals surface area contributed by atoms with E-state index in [-0.39, 0.29) is 5.91 Å². The molecular weight excluding hydrogens is 150 g/mol. The SMILES string of the molecule is C=CC(=O)N(C)c1cc[c]cc1. The van der Waals surface area contributed by atoms with Gasteiger partial charge in [-0.3, -0.25) is 4.79 Å². The summed E-state index contributed by atoms with van der Waals surface area (Å²) >= 11 is 0. The fourth-order valence-corrected chi connectivity index (χ4v) is 0.866. The van der Waals surface area contributed by atoms with E-state index in [0.717, 1.165) is 5.69 Å². The first kappa shape index (κ1) is 8.53. The first-order valence-corrected chi connectivity index (χ1v) is 3.62. The minimum Gasteiger partial charge on any atom is -0.312 e. The largest absolute Gasteiger partial charge is 0.312 e. The zero-order valence-corrected chi connectivity index (χ0v) is 6.95. The van der Waals surface area contributed by atoms with Crippen molar-refractivity contribution in [3.8, 4) is 0 Å². The van der Waals surface area contributed by atoms with Gasteiger partial charge in [0.15, 0.2) is 0 Å². The average Bonchev–Trinajstić information content (AvgIpc) is 2.17. The van der Waals surface area contributed by atoms with Crippen molar-refractivity contribution in [3.63, 3.8) is 0 Å². The summed E-state index contributed by atoms with van der Waals surface area (Å²) in [4.78, 5) is 12.6. The molecule has 12 heavy (non-hydrogen) atoms. The molecule has 0 aliphatic heterocycles. The third-order valence-corrected chi connectivity index (χ3v) is 1.59. The molecular formula is C10H10NO. The van der Waals surface area contributed by atoms with Crippen LogP contribution in [0.25, 0.3) is 0 Å². The Kier molecular flexibility index (Phi) is 2.64. The van der Waals surface area contributed by atoms with Gasteiger partial charge in [-0.15, -0.1) is 0 Å². The van der Waals surface area contributed by atoms with Gasteiger partial charge in [-0.25, -0.2) is 0 Å². The molecule has 0 saturated carbocycles. The Bertz CT molecular complexity index is 279. The maximum atomic E-state index is 11.1. The van der Waals surface area contributed by atoms with Crippen molar-refractivity contribution in [1.82, 2.24) is 0 Å². The van der Waals surface area contributed by atoms with Gasteiger partial charge in [0.25, 0.3) is 0 Å². The molecule has 0 spiro atoms. The van der Waals surface area contributed by atoms with E-state index >= 15 is 0 Å². The van der Waals surface area contributed by atoms with Crippen LogP contribution in [0.4, 0.5) is 5.69 Å². The molecule has 0 aliphatic carbocycles. The van der Waals surface area contributed by atoms with E-state index in [1.54, 1.807) is 19.2 Å². The molecule has 1 rings (SSSR count). The van der Waals surface area contributed by atoms with Gasteiger partial charge in [0.2, 0.25) is 5.91 Å². The quantitative estimate of drug-likeness (QED) is 0.602. The fraction of sp³-hybridized carbons (Fsp3) is 0.100. The topological polar surface area (TPSA) is 20.3 Å². The minimum absolute atomic E-state index is 0.110. The summed E-state index contributed by atoms with van der Waals surface area (Å²) in [6, 6.07) is 10.1. The van der Waals surface area contributed by atoms with Crippen molar-refractivity contribution in [2.75, 3.05) is 11.9 Å². The van der Waals surface area contributed by atoms with Gasteiger partial charge >= 0.3 is 0 Å². The van der Waals surface area contributed by atoms with Crippen molar-refractivity contribution < 1.29 is 4.79 Å². The lowest BCUT2D eigenvalue weighted by molar-refractivity contribution is -0.113. The second kappa shape index (κ2) is 3.72. The van der Waals surface area contributed by atoms with E-state index < -0.39 is 0 Å². The molecule has 61 valence electrons. The Morgan fingerprint density at radius 1 is 1.58 bits per heavy atom. The Balaban J connectivity index is 2.85. The van der Waals surface area contributed by atoms with Crippen LogP contribution in [0.15, 0.2) is 36.9 Å². The summed E-state index contributed by atoms with van der Waals surface area (Å²) in [5.74, 6) is -0.110. The van der Waals surface area contributed by atoms with Crippen molar-refractivity contribution in [2.45, 2.75) is 0 Å². The number of amides is 1. The molecule has 0 atom stereocenters. The van der Waals surface area contributed by atoms with Gasteiger partial charge in [-0.05, 0) is 24.3 Å². The highest BCUT2D eigenvalue weighted by Gasteiger charge is 2.04. The number of hydrogen-bond acceptors (Lipinski definition) is 1. The molecule has 0 fully saturated rings. The van der Waals surface area contributed by atoms with E-state index in [0.29, 0.717) is 0 Å². The Labute approximate surface area is 72.1 Å². The highest BCUT2D eigenvalue weighted by atomic mass is 16.2. The van der Waals surface area contributed by atoms with Crippen LogP contribution in [-0.4, -0.2) is 13.0 Å². The number of carbonyl (C=O) groups is 1. The third kappa shape index (κ3) is 1.72. The van der Waals surface area contributed by atoms with E-state index in [1.807, 2.05) is 12.1 Å². The summed E-state index contributed by atoms with van der Waals surface area (Å²) in [6.45, 7) is 3.41. The van der Waals surface area contributed by atoms with Gasteiger partial charge in [0, 0.05) is 12.7 Å².